The molecule has 1 heterocycles. The van der Waals surface area contributed by atoms with Crippen molar-refractivity contribution >= 4 is 33.2 Å². The van der Waals surface area contributed by atoms with E-state index < -0.39 is 20.6 Å². The van der Waals surface area contributed by atoms with E-state index in [-0.39, 0.29) is 23.0 Å². The van der Waals surface area contributed by atoms with E-state index in [1.54, 1.807) is 11.8 Å². The number of thioether (sulfide) groups is 1. The normalized spacial score (nSPS) is 18.6. The van der Waals surface area contributed by atoms with Crippen molar-refractivity contribution in [2.45, 2.75) is 11.3 Å². The fourth-order valence-electron chi connectivity index (χ4n) is 2.02. The fourth-order valence-corrected chi connectivity index (χ4v) is 4.61. The number of sulfonamides is 1. The largest absolute Gasteiger partial charge is 0.324 e. The maximum atomic E-state index is 12.3. The van der Waals surface area contributed by atoms with Crippen molar-refractivity contribution < 1.29 is 13.3 Å². The molecule has 0 amide bonds. The lowest BCUT2D eigenvalue weighted by Gasteiger charge is -2.11. The van der Waals surface area contributed by atoms with E-state index in [1.165, 1.54) is 6.07 Å². The van der Waals surface area contributed by atoms with Crippen molar-refractivity contribution in [3.8, 4) is 0 Å². The highest BCUT2D eigenvalue weighted by atomic mass is 32.2. The van der Waals surface area contributed by atoms with Gasteiger partial charge in [0.2, 0.25) is 10.0 Å². The van der Waals surface area contributed by atoms with Crippen molar-refractivity contribution in [1.29, 1.82) is 0 Å². The summed E-state index contributed by atoms with van der Waals surface area (Å²) >= 11 is 1.77. The van der Waals surface area contributed by atoms with Crippen LogP contribution in [0.4, 0.5) is 11.4 Å². The summed E-state index contributed by atoms with van der Waals surface area (Å²) in [6, 6.07) is 3.63. The standard InChI is InChI=1S/C11H16N4O4S2/c12-14-9-1-2-10(15(16)17)11(5-9)21(18,19)13-6-8-3-4-20-7-8/h1-2,5,8,13-14H,3-4,6-7,12H2. The van der Waals surface area contributed by atoms with Crippen LogP contribution >= 0.6 is 11.8 Å². The molecule has 0 aromatic heterocycles. The average Bonchev–Trinajstić information content (AvgIpc) is 2.98. The van der Waals surface area contributed by atoms with Crippen LogP contribution in [0.5, 0.6) is 0 Å². The molecule has 1 aliphatic rings. The van der Waals surface area contributed by atoms with Crippen molar-refractivity contribution in [3.05, 3.63) is 28.3 Å². The molecular weight excluding hydrogens is 316 g/mol. The summed E-state index contributed by atoms with van der Waals surface area (Å²) < 4.78 is 27.0. The molecule has 1 aromatic rings. The van der Waals surface area contributed by atoms with Crippen LogP contribution in [-0.4, -0.2) is 31.4 Å². The van der Waals surface area contributed by atoms with Gasteiger partial charge in [0, 0.05) is 12.6 Å². The maximum absolute atomic E-state index is 12.3. The van der Waals surface area contributed by atoms with Gasteiger partial charge in [-0.05, 0) is 36.0 Å². The number of nitrogen functional groups attached to an aromatic ring is 1. The SMILES string of the molecule is NNc1ccc([N+](=O)[O-])c(S(=O)(=O)NCC2CCSC2)c1. The zero-order valence-electron chi connectivity index (χ0n) is 11.1. The van der Waals surface area contributed by atoms with E-state index in [2.05, 4.69) is 10.1 Å². The number of rotatable bonds is 6. The highest BCUT2D eigenvalue weighted by Gasteiger charge is 2.27. The van der Waals surface area contributed by atoms with Gasteiger partial charge in [-0.3, -0.25) is 16.0 Å². The van der Waals surface area contributed by atoms with Gasteiger partial charge in [-0.2, -0.15) is 11.8 Å². The van der Waals surface area contributed by atoms with Crippen LogP contribution < -0.4 is 16.0 Å². The lowest BCUT2D eigenvalue weighted by atomic mass is 10.1. The summed E-state index contributed by atoms with van der Waals surface area (Å²) in [5.41, 5.74) is 2.10. The van der Waals surface area contributed by atoms with Gasteiger partial charge in [-0.15, -0.1) is 0 Å². The van der Waals surface area contributed by atoms with Gasteiger partial charge in [0.05, 0.1) is 10.6 Å². The number of nitrogens with two attached hydrogens (primary N) is 1. The second-order valence-corrected chi connectivity index (χ2v) is 7.55. The molecule has 0 radical (unpaired) electrons. The molecule has 4 N–H and O–H groups in total. The highest BCUT2D eigenvalue weighted by Crippen LogP contribution is 2.27. The first-order valence-electron chi connectivity index (χ1n) is 6.26. The highest BCUT2D eigenvalue weighted by molar-refractivity contribution is 7.99. The number of hydrogen-bond acceptors (Lipinski definition) is 7. The van der Waals surface area contributed by atoms with Crippen LogP contribution in [-0.2, 0) is 10.0 Å². The zero-order valence-corrected chi connectivity index (χ0v) is 12.7. The summed E-state index contributed by atoms with van der Waals surface area (Å²) in [6.07, 6.45) is 0.944. The number of benzene rings is 1. The van der Waals surface area contributed by atoms with E-state index in [0.29, 0.717) is 0 Å². The quantitative estimate of drug-likeness (QED) is 0.401. The lowest BCUT2D eigenvalue weighted by Crippen LogP contribution is -2.30. The Morgan fingerprint density at radius 1 is 1.48 bits per heavy atom. The van der Waals surface area contributed by atoms with Crippen molar-refractivity contribution in [3.63, 3.8) is 0 Å². The predicted molar refractivity (Wildman–Crippen MR) is 81.5 cm³/mol. The first-order chi connectivity index (χ1) is 9.94. The minimum absolute atomic E-state index is 0.264. The van der Waals surface area contributed by atoms with E-state index in [9.17, 15) is 18.5 Å². The van der Waals surface area contributed by atoms with Gasteiger partial charge in [-0.25, -0.2) is 13.1 Å². The van der Waals surface area contributed by atoms with Crippen LogP contribution in [0.3, 0.4) is 0 Å². The smallest absolute Gasteiger partial charge is 0.289 e. The van der Waals surface area contributed by atoms with Crippen LogP contribution in [0.2, 0.25) is 0 Å². The molecule has 21 heavy (non-hydrogen) atoms. The van der Waals surface area contributed by atoms with Crippen LogP contribution in [0.25, 0.3) is 0 Å². The Morgan fingerprint density at radius 2 is 2.24 bits per heavy atom. The van der Waals surface area contributed by atoms with Crippen molar-refractivity contribution in [1.82, 2.24) is 4.72 Å². The van der Waals surface area contributed by atoms with Gasteiger partial charge in [0.15, 0.2) is 4.90 Å². The van der Waals surface area contributed by atoms with Gasteiger partial charge in [-0.1, -0.05) is 0 Å². The number of nitrogens with zero attached hydrogens (tertiary/aromatic N) is 1. The minimum Gasteiger partial charge on any atom is -0.324 e. The topological polar surface area (TPSA) is 127 Å². The molecule has 2 rings (SSSR count). The summed E-state index contributed by atoms with van der Waals surface area (Å²) in [5, 5.41) is 11.0. The number of anilines is 1. The maximum Gasteiger partial charge on any atom is 0.289 e. The minimum atomic E-state index is -3.95. The molecule has 1 atom stereocenters. The van der Waals surface area contributed by atoms with E-state index in [0.717, 1.165) is 30.1 Å². The Balaban J connectivity index is 2.26. The first-order valence-corrected chi connectivity index (χ1v) is 8.90. The fraction of sp³-hybridized carbons (Fsp3) is 0.455. The molecule has 0 saturated carbocycles. The van der Waals surface area contributed by atoms with Crippen molar-refractivity contribution in [2.24, 2.45) is 11.8 Å². The second-order valence-electron chi connectivity index (χ2n) is 4.67. The summed E-state index contributed by atoms with van der Waals surface area (Å²) in [7, 11) is -3.95. The molecule has 10 heteroatoms. The van der Waals surface area contributed by atoms with Gasteiger partial charge < -0.3 is 5.43 Å². The van der Waals surface area contributed by atoms with Crippen LogP contribution in [0, 0.1) is 16.0 Å². The number of nitrogens with one attached hydrogen (secondary N) is 2. The zero-order chi connectivity index (χ0) is 15.5. The van der Waals surface area contributed by atoms with E-state index in [1.807, 2.05) is 0 Å². The van der Waals surface area contributed by atoms with E-state index >= 15 is 0 Å². The number of nitro benzene ring substituents is 1. The number of hydrazine groups is 1. The number of hydrogen-bond donors (Lipinski definition) is 3. The molecular formula is C11H16N4O4S2. The second kappa shape index (κ2) is 6.60. The average molecular weight is 332 g/mol. The summed E-state index contributed by atoms with van der Waals surface area (Å²) in [4.78, 5) is 9.88. The molecule has 1 unspecified atom stereocenters. The molecule has 1 fully saturated rings. The summed E-state index contributed by atoms with van der Waals surface area (Å²) in [6.45, 7) is 0.284. The Bertz CT molecular complexity index is 629. The van der Waals surface area contributed by atoms with Gasteiger partial charge >= 0.3 is 0 Å². The Labute approximate surface area is 126 Å². The van der Waals surface area contributed by atoms with Crippen LogP contribution in [0.1, 0.15) is 6.42 Å². The third kappa shape index (κ3) is 3.84. The molecule has 1 aromatic carbocycles. The molecule has 0 spiro atoms. The first kappa shape index (κ1) is 16.0. The number of nitro groups is 1. The predicted octanol–water partition coefficient (Wildman–Crippen LogP) is 0.912. The molecule has 0 aliphatic carbocycles. The third-order valence-electron chi connectivity index (χ3n) is 3.20. The Hall–Kier alpha value is -1.36. The molecule has 116 valence electrons. The third-order valence-corrected chi connectivity index (χ3v) is 5.88. The lowest BCUT2D eigenvalue weighted by molar-refractivity contribution is -0.387. The molecule has 8 nitrogen and oxygen atoms in total. The van der Waals surface area contributed by atoms with Gasteiger partial charge in [0.25, 0.3) is 5.69 Å². The van der Waals surface area contributed by atoms with Crippen LogP contribution in [0.15, 0.2) is 23.1 Å². The van der Waals surface area contributed by atoms with Gasteiger partial charge in [0.1, 0.15) is 0 Å². The van der Waals surface area contributed by atoms with Crippen molar-refractivity contribution in [2.75, 3.05) is 23.5 Å². The molecule has 1 saturated heterocycles. The summed E-state index contributed by atoms with van der Waals surface area (Å²) in [5.74, 6) is 7.40. The monoisotopic (exact) mass is 332 g/mol. The molecule has 1 aliphatic heterocycles. The molecule has 0 bridgehead atoms. The Kier molecular flexibility index (Phi) is 5.04. The Morgan fingerprint density at radius 3 is 2.81 bits per heavy atom. The van der Waals surface area contributed by atoms with E-state index in [4.69, 9.17) is 5.84 Å².